The van der Waals surface area contributed by atoms with E-state index in [9.17, 15) is 9.59 Å². The molecule has 1 amide bonds. The van der Waals surface area contributed by atoms with Crippen LogP contribution < -0.4 is 19.5 Å². The summed E-state index contributed by atoms with van der Waals surface area (Å²) in [5.74, 6) is 1.12. The summed E-state index contributed by atoms with van der Waals surface area (Å²) in [7, 11) is 1.32. The molecule has 1 unspecified atom stereocenters. The lowest BCUT2D eigenvalue weighted by molar-refractivity contribution is -0.146. The summed E-state index contributed by atoms with van der Waals surface area (Å²) < 4.78 is 23.9. The topological polar surface area (TPSA) is 123 Å². The summed E-state index contributed by atoms with van der Waals surface area (Å²) in [5.41, 5.74) is 8.02. The van der Waals surface area contributed by atoms with Crippen LogP contribution in [0.15, 0.2) is 128 Å². The molecule has 0 fully saturated rings. The van der Waals surface area contributed by atoms with Crippen molar-refractivity contribution in [2.45, 2.75) is 50.7 Å². The number of nitrogens with one attached hydrogen (secondary N) is 1. The first-order valence-electron chi connectivity index (χ1n) is 19.5. The molecular formula is C48H40Cl2N4O6. The molecule has 1 aromatic heterocycles. The number of hydrogen-bond donors (Lipinski definition) is 1. The van der Waals surface area contributed by atoms with Crippen LogP contribution in [0, 0.1) is 11.3 Å². The Morgan fingerprint density at radius 1 is 0.883 bits per heavy atom. The van der Waals surface area contributed by atoms with E-state index in [0.29, 0.717) is 65.6 Å². The van der Waals surface area contributed by atoms with Crippen LogP contribution in [0.2, 0.25) is 10.0 Å². The van der Waals surface area contributed by atoms with Crippen molar-refractivity contribution in [3.05, 3.63) is 177 Å². The van der Waals surface area contributed by atoms with Crippen molar-refractivity contribution in [2.24, 2.45) is 0 Å². The van der Waals surface area contributed by atoms with Gasteiger partial charge in [-0.2, -0.15) is 5.26 Å². The zero-order chi connectivity index (χ0) is 41.6. The van der Waals surface area contributed by atoms with E-state index in [1.165, 1.54) is 7.11 Å². The third kappa shape index (κ3) is 9.40. The van der Waals surface area contributed by atoms with Crippen LogP contribution in [-0.4, -0.2) is 47.6 Å². The smallest absolute Gasteiger partial charge is 0.328 e. The number of pyridine rings is 1. The van der Waals surface area contributed by atoms with Crippen LogP contribution in [0.3, 0.4) is 0 Å². The van der Waals surface area contributed by atoms with Gasteiger partial charge < -0.3 is 24.3 Å². The summed E-state index contributed by atoms with van der Waals surface area (Å²) in [6, 6.07) is 38.6. The SMILES string of the molecule is COC(=O)[C@H](Cc1ccc(-c2ccc(C#N)cc2)cc1)NC(=O)[C@@H]1Cc2cc3c(cc2CN1Cc1ccccn1)OC(c1ccc(OCc2ccc(Cl)c(Cl)c2)cc1)CO3. The van der Waals surface area contributed by atoms with Crippen LogP contribution >= 0.6 is 23.2 Å². The van der Waals surface area contributed by atoms with Crippen LogP contribution in [0.25, 0.3) is 11.1 Å². The Hall–Kier alpha value is -6.38. The van der Waals surface area contributed by atoms with E-state index in [2.05, 4.69) is 21.3 Å². The fourth-order valence-corrected chi connectivity index (χ4v) is 7.80. The monoisotopic (exact) mass is 838 g/mol. The molecule has 0 saturated carbocycles. The molecule has 10 nitrogen and oxygen atoms in total. The number of fused-ring (bicyclic) bond motifs is 2. The standard InChI is InChI=1S/C48H40Cl2N4O6/c1-57-48(56)42(21-30-5-10-33(11-6-30)34-12-7-31(25-51)8-13-34)53-47(55)43-22-36-23-44-45(24-37(36)26-54(43)27-38-4-2-3-19-52-38)60-46(29-59-44)35-14-16-39(17-15-35)58-28-32-9-18-40(49)41(50)20-32/h2-20,23-24,42-43,46H,21-22,26-29H2,1H3,(H,53,55)/t42-,43-,46?/m0/s1. The van der Waals surface area contributed by atoms with Gasteiger partial charge in [-0.05, 0) is 106 Å². The van der Waals surface area contributed by atoms with Crippen molar-refractivity contribution in [1.29, 1.82) is 5.26 Å². The van der Waals surface area contributed by atoms with Gasteiger partial charge >= 0.3 is 5.97 Å². The second-order valence-corrected chi connectivity index (χ2v) is 15.5. The molecule has 5 aromatic carbocycles. The van der Waals surface area contributed by atoms with E-state index in [0.717, 1.165) is 44.6 Å². The summed E-state index contributed by atoms with van der Waals surface area (Å²) >= 11 is 12.2. The minimum atomic E-state index is -0.915. The lowest BCUT2D eigenvalue weighted by atomic mass is 9.92. The molecule has 8 rings (SSSR count). The highest BCUT2D eigenvalue weighted by Crippen LogP contribution is 2.41. The highest BCUT2D eigenvalue weighted by Gasteiger charge is 2.36. The Balaban J connectivity index is 0.965. The molecule has 2 aliphatic rings. The zero-order valence-electron chi connectivity index (χ0n) is 32.6. The molecule has 0 spiro atoms. The average Bonchev–Trinajstić information content (AvgIpc) is 3.28. The minimum absolute atomic E-state index is 0.240. The molecule has 0 aliphatic carbocycles. The maximum Gasteiger partial charge on any atom is 0.328 e. The van der Waals surface area contributed by atoms with E-state index < -0.39 is 18.1 Å². The number of methoxy groups -OCH3 is 1. The first kappa shape index (κ1) is 40.4. The molecule has 3 atom stereocenters. The Labute approximate surface area is 358 Å². The van der Waals surface area contributed by atoms with Gasteiger partial charge in [-0.25, -0.2) is 4.79 Å². The maximum atomic E-state index is 14.3. The molecule has 2 aliphatic heterocycles. The van der Waals surface area contributed by atoms with Crippen molar-refractivity contribution >= 4 is 35.1 Å². The summed E-state index contributed by atoms with van der Waals surface area (Å²) in [5, 5.41) is 13.1. The van der Waals surface area contributed by atoms with Crippen LogP contribution in [0.1, 0.15) is 45.2 Å². The lowest BCUT2D eigenvalue weighted by Crippen LogP contribution is -2.54. The number of benzene rings is 5. The number of carbonyl (C=O) groups is 2. The number of aromatic nitrogens is 1. The summed E-state index contributed by atoms with van der Waals surface area (Å²) in [6.07, 6.45) is 2.02. The number of hydrogen-bond acceptors (Lipinski definition) is 9. The van der Waals surface area contributed by atoms with E-state index >= 15 is 0 Å². The molecule has 60 heavy (non-hydrogen) atoms. The predicted octanol–water partition coefficient (Wildman–Crippen LogP) is 8.85. The Bertz CT molecular complexity index is 2530. The van der Waals surface area contributed by atoms with Gasteiger partial charge in [0.1, 0.15) is 25.0 Å². The second-order valence-electron chi connectivity index (χ2n) is 14.7. The average molecular weight is 840 g/mol. The van der Waals surface area contributed by atoms with Gasteiger partial charge in [0.15, 0.2) is 17.6 Å². The molecule has 6 aromatic rings. The second kappa shape index (κ2) is 18.3. The van der Waals surface area contributed by atoms with Crippen molar-refractivity contribution in [3.8, 4) is 34.4 Å². The summed E-state index contributed by atoms with van der Waals surface area (Å²) in [6.45, 7) is 1.51. The van der Waals surface area contributed by atoms with Gasteiger partial charge in [-0.3, -0.25) is 14.7 Å². The van der Waals surface area contributed by atoms with Gasteiger partial charge in [0.2, 0.25) is 5.91 Å². The largest absolute Gasteiger partial charge is 0.489 e. The molecule has 12 heteroatoms. The number of nitrogens with zero attached hydrogens (tertiary/aromatic N) is 3. The number of ether oxygens (including phenoxy) is 4. The lowest BCUT2D eigenvalue weighted by Gasteiger charge is -2.37. The summed E-state index contributed by atoms with van der Waals surface area (Å²) in [4.78, 5) is 34.0. The quantitative estimate of drug-likeness (QED) is 0.121. The fourth-order valence-electron chi connectivity index (χ4n) is 7.48. The number of nitriles is 1. The third-order valence-electron chi connectivity index (χ3n) is 10.7. The Morgan fingerprint density at radius 3 is 2.32 bits per heavy atom. The predicted molar refractivity (Wildman–Crippen MR) is 228 cm³/mol. The molecule has 1 N–H and O–H groups in total. The van der Waals surface area contributed by atoms with Crippen LogP contribution in [0.4, 0.5) is 0 Å². The first-order valence-corrected chi connectivity index (χ1v) is 20.2. The Morgan fingerprint density at radius 2 is 1.62 bits per heavy atom. The number of carbonyl (C=O) groups excluding carboxylic acids is 2. The number of amides is 1. The van der Waals surface area contributed by atoms with Gasteiger partial charge in [0, 0.05) is 25.7 Å². The van der Waals surface area contributed by atoms with Crippen molar-refractivity contribution in [1.82, 2.24) is 15.2 Å². The first-order chi connectivity index (χ1) is 29.2. The third-order valence-corrected chi connectivity index (χ3v) is 11.5. The highest BCUT2D eigenvalue weighted by atomic mass is 35.5. The van der Waals surface area contributed by atoms with Gasteiger partial charge in [-0.15, -0.1) is 0 Å². The van der Waals surface area contributed by atoms with E-state index in [1.54, 1.807) is 30.5 Å². The van der Waals surface area contributed by atoms with E-state index in [-0.39, 0.29) is 18.4 Å². The molecule has 302 valence electrons. The van der Waals surface area contributed by atoms with E-state index in [1.807, 2.05) is 97.1 Å². The van der Waals surface area contributed by atoms with Crippen molar-refractivity contribution in [3.63, 3.8) is 0 Å². The maximum absolute atomic E-state index is 14.3. The van der Waals surface area contributed by atoms with Crippen molar-refractivity contribution in [2.75, 3.05) is 13.7 Å². The van der Waals surface area contributed by atoms with Crippen LogP contribution in [0.5, 0.6) is 17.2 Å². The van der Waals surface area contributed by atoms with Crippen molar-refractivity contribution < 1.29 is 28.5 Å². The highest BCUT2D eigenvalue weighted by molar-refractivity contribution is 6.42. The minimum Gasteiger partial charge on any atom is -0.489 e. The zero-order valence-corrected chi connectivity index (χ0v) is 34.2. The van der Waals surface area contributed by atoms with E-state index in [4.69, 9.17) is 47.4 Å². The van der Waals surface area contributed by atoms with Gasteiger partial charge in [0.25, 0.3) is 0 Å². The van der Waals surface area contributed by atoms with Gasteiger partial charge in [0.05, 0.1) is 40.5 Å². The Kier molecular flexibility index (Phi) is 12.3. The molecule has 0 saturated heterocycles. The molecule has 0 bridgehead atoms. The number of rotatable bonds is 12. The fraction of sp³-hybridized carbons (Fsp3) is 0.208. The number of halogens is 2. The van der Waals surface area contributed by atoms with Gasteiger partial charge in [-0.1, -0.05) is 83.9 Å². The normalized spacial score (nSPS) is 16.2. The number of esters is 1. The molecule has 0 radical (unpaired) electrons. The molecule has 3 heterocycles. The molecular weight excluding hydrogens is 799 g/mol. The van der Waals surface area contributed by atoms with Crippen LogP contribution in [-0.2, 0) is 46.9 Å².